The van der Waals surface area contributed by atoms with Gasteiger partial charge < -0.3 is 29.2 Å². The lowest BCUT2D eigenvalue weighted by Gasteiger charge is -2.26. The van der Waals surface area contributed by atoms with Gasteiger partial charge >= 0.3 is 5.97 Å². The fourth-order valence-corrected chi connectivity index (χ4v) is 5.12. The molecule has 176 valence electrons. The van der Waals surface area contributed by atoms with Crippen molar-refractivity contribution in [2.24, 2.45) is 0 Å². The van der Waals surface area contributed by atoms with Crippen LogP contribution in [0.15, 0.2) is 51.1 Å². The van der Waals surface area contributed by atoms with Gasteiger partial charge in [-0.15, -0.1) is 11.3 Å². The first-order valence-corrected chi connectivity index (χ1v) is 11.3. The van der Waals surface area contributed by atoms with Crippen LogP contribution in [0.3, 0.4) is 0 Å². The summed E-state index contributed by atoms with van der Waals surface area (Å²) in [5.41, 5.74) is 0.778. The molecule has 4 heterocycles. The number of imidazole rings is 1. The third-order valence-corrected chi connectivity index (χ3v) is 6.75. The number of carbonyl (C=O) groups excluding carboxylic acids is 1. The Hall–Kier alpha value is -4.51. The van der Waals surface area contributed by atoms with Crippen LogP contribution in [-0.4, -0.2) is 37.8 Å². The third kappa shape index (κ3) is 3.12. The lowest BCUT2D eigenvalue weighted by Crippen LogP contribution is -2.17. The summed E-state index contributed by atoms with van der Waals surface area (Å²) in [6.07, 6.45) is 1.70. The third-order valence-electron chi connectivity index (χ3n) is 5.99. The van der Waals surface area contributed by atoms with Crippen molar-refractivity contribution in [3.63, 3.8) is 0 Å². The van der Waals surface area contributed by atoms with Gasteiger partial charge in [0.25, 0.3) is 0 Å². The predicted octanol–water partition coefficient (Wildman–Crippen LogP) is 4.09. The molecule has 0 saturated carbocycles. The standard InChI is InChI=1S/C24H16N2O8S/c1-32-18(31)7-11-19-17(34-23-21(11)26-4-5-35-24(26)25-23)9-15(30)20-14(29)8-16(33-22(19)20)10-2-3-12(27)13(28)6-10/h2-6,8-9,11,27-28,30H,7H2,1H3. The first kappa shape index (κ1) is 21.1. The highest BCUT2D eigenvalue weighted by Gasteiger charge is 2.37. The predicted molar refractivity (Wildman–Crippen MR) is 125 cm³/mol. The van der Waals surface area contributed by atoms with E-state index in [1.54, 1.807) is 10.6 Å². The molecule has 10 nitrogen and oxygen atoms in total. The van der Waals surface area contributed by atoms with Crippen LogP contribution in [0.2, 0.25) is 0 Å². The number of methoxy groups -OCH3 is 1. The molecule has 0 bridgehead atoms. The fraction of sp³-hybridized carbons (Fsp3) is 0.125. The number of aromatic hydroxyl groups is 3. The molecule has 2 aromatic carbocycles. The monoisotopic (exact) mass is 492 g/mol. The SMILES string of the molecule is COC(=O)CC1c2c(cc(O)c3c(=O)cc(-c4ccc(O)c(O)c4)oc23)Oc2nc3sccn3c21. The summed E-state index contributed by atoms with van der Waals surface area (Å²) in [6, 6.07) is 6.48. The second-order valence-electron chi connectivity index (χ2n) is 7.98. The average molecular weight is 492 g/mol. The molecule has 1 aliphatic heterocycles. The van der Waals surface area contributed by atoms with Crippen molar-refractivity contribution in [2.45, 2.75) is 12.3 Å². The average Bonchev–Trinajstić information content (AvgIpc) is 3.41. The van der Waals surface area contributed by atoms with E-state index in [-0.39, 0.29) is 52.0 Å². The van der Waals surface area contributed by atoms with E-state index in [0.29, 0.717) is 21.8 Å². The molecule has 0 amide bonds. The number of carbonyl (C=O) groups is 1. The summed E-state index contributed by atoms with van der Waals surface area (Å²) in [6.45, 7) is 0. The molecule has 35 heavy (non-hydrogen) atoms. The molecular formula is C24H16N2O8S. The summed E-state index contributed by atoms with van der Waals surface area (Å²) in [5, 5.41) is 32.0. The molecule has 0 aliphatic carbocycles. The van der Waals surface area contributed by atoms with Gasteiger partial charge in [-0.2, -0.15) is 4.98 Å². The van der Waals surface area contributed by atoms with E-state index in [1.165, 1.54) is 48.8 Å². The molecule has 1 aliphatic rings. The van der Waals surface area contributed by atoms with Gasteiger partial charge in [-0.05, 0) is 18.2 Å². The maximum atomic E-state index is 13.1. The van der Waals surface area contributed by atoms with Gasteiger partial charge in [0.05, 0.1) is 19.2 Å². The zero-order chi connectivity index (χ0) is 24.4. The maximum Gasteiger partial charge on any atom is 0.306 e. The molecule has 0 spiro atoms. The Balaban J connectivity index is 1.67. The molecule has 1 unspecified atom stereocenters. The summed E-state index contributed by atoms with van der Waals surface area (Å²) >= 11 is 1.39. The Morgan fingerprint density at radius 1 is 1.17 bits per heavy atom. The van der Waals surface area contributed by atoms with Crippen LogP contribution in [-0.2, 0) is 9.53 Å². The second-order valence-corrected chi connectivity index (χ2v) is 8.86. The number of benzene rings is 2. The molecule has 6 rings (SSSR count). The highest BCUT2D eigenvalue weighted by Crippen LogP contribution is 2.51. The summed E-state index contributed by atoms with van der Waals surface area (Å²) in [5.74, 6) is -1.68. The van der Waals surface area contributed by atoms with E-state index in [1.807, 2.05) is 5.38 Å². The van der Waals surface area contributed by atoms with E-state index in [9.17, 15) is 24.9 Å². The molecule has 11 heteroatoms. The number of thiazole rings is 1. The van der Waals surface area contributed by atoms with Crippen LogP contribution in [0, 0.1) is 0 Å². The van der Waals surface area contributed by atoms with Gasteiger partial charge in [0.2, 0.25) is 5.88 Å². The molecule has 0 saturated heterocycles. The number of hydrogen-bond donors (Lipinski definition) is 3. The van der Waals surface area contributed by atoms with E-state index >= 15 is 0 Å². The number of phenolic OH excluding ortho intramolecular Hbond substituents is 3. The minimum absolute atomic E-state index is 0.0276. The lowest BCUT2D eigenvalue weighted by molar-refractivity contribution is -0.140. The van der Waals surface area contributed by atoms with E-state index in [4.69, 9.17) is 13.9 Å². The number of nitrogens with zero attached hydrogens (tertiary/aromatic N) is 2. The first-order chi connectivity index (χ1) is 16.9. The van der Waals surface area contributed by atoms with Crippen molar-refractivity contribution in [3.05, 3.63) is 63.4 Å². The van der Waals surface area contributed by atoms with Crippen molar-refractivity contribution in [2.75, 3.05) is 7.11 Å². The van der Waals surface area contributed by atoms with E-state index in [0.717, 1.165) is 0 Å². The van der Waals surface area contributed by atoms with Crippen molar-refractivity contribution < 1.29 is 34.0 Å². The van der Waals surface area contributed by atoms with E-state index in [2.05, 4.69) is 4.98 Å². The quantitative estimate of drug-likeness (QED) is 0.251. The normalized spacial score (nSPS) is 14.5. The summed E-state index contributed by atoms with van der Waals surface area (Å²) in [7, 11) is 1.28. The number of ether oxygens (including phenoxy) is 2. The van der Waals surface area contributed by atoms with Gasteiger partial charge in [-0.1, -0.05) is 0 Å². The van der Waals surface area contributed by atoms with Crippen LogP contribution in [0.5, 0.6) is 28.9 Å². The Bertz CT molecular complexity index is 1730. The number of rotatable bonds is 3. The van der Waals surface area contributed by atoms with Crippen LogP contribution >= 0.6 is 11.3 Å². The number of phenols is 3. The van der Waals surface area contributed by atoms with Gasteiger partial charge in [0.15, 0.2) is 21.9 Å². The van der Waals surface area contributed by atoms with Crippen molar-refractivity contribution in [1.82, 2.24) is 9.38 Å². The van der Waals surface area contributed by atoms with Crippen molar-refractivity contribution in [3.8, 4) is 40.2 Å². The zero-order valence-electron chi connectivity index (χ0n) is 18.0. The summed E-state index contributed by atoms with van der Waals surface area (Å²) < 4.78 is 18.9. The molecule has 3 aromatic heterocycles. The van der Waals surface area contributed by atoms with Crippen LogP contribution in [0.25, 0.3) is 27.3 Å². The van der Waals surface area contributed by atoms with Gasteiger partial charge in [-0.25, -0.2) is 0 Å². The molecule has 5 aromatic rings. The molecule has 3 N–H and O–H groups in total. The largest absolute Gasteiger partial charge is 0.507 e. The smallest absolute Gasteiger partial charge is 0.306 e. The Morgan fingerprint density at radius 3 is 2.77 bits per heavy atom. The highest BCUT2D eigenvalue weighted by molar-refractivity contribution is 7.15. The number of aromatic nitrogens is 2. The first-order valence-electron chi connectivity index (χ1n) is 10.4. The topological polar surface area (TPSA) is 144 Å². The Labute approximate surface area is 199 Å². The lowest BCUT2D eigenvalue weighted by atomic mass is 9.88. The minimum atomic E-state index is -0.666. The number of fused-ring (bicyclic) bond motifs is 6. The van der Waals surface area contributed by atoms with Crippen molar-refractivity contribution in [1.29, 1.82) is 0 Å². The summed E-state index contributed by atoms with van der Waals surface area (Å²) in [4.78, 5) is 30.7. The molecular weight excluding hydrogens is 476 g/mol. The molecule has 0 radical (unpaired) electrons. The maximum absolute atomic E-state index is 13.1. The van der Waals surface area contributed by atoms with Gasteiger partial charge in [0, 0.05) is 40.8 Å². The van der Waals surface area contributed by atoms with Crippen molar-refractivity contribution >= 4 is 33.2 Å². The molecule has 0 fully saturated rings. The number of hydrogen-bond acceptors (Lipinski definition) is 10. The van der Waals surface area contributed by atoms with E-state index < -0.39 is 17.3 Å². The Morgan fingerprint density at radius 2 is 2.00 bits per heavy atom. The number of esters is 1. The highest BCUT2D eigenvalue weighted by atomic mass is 32.1. The van der Waals surface area contributed by atoms with Gasteiger partial charge in [0.1, 0.15) is 28.2 Å². The zero-order valence-corrected chi connectivity index (χ0v) is 18.8. The van der Waals surface area contributed by atoms with Gasteiger partial charge in [-0.3, -0.25) is 14.0 Å². The second kappa shape index (κ2) is 7.50. The van der Waals surface area contributed by atoms with Crippen LogP contribution in [0.1, 0.15) is 23.6 Å². The van der Waals surface area contributed by atoms with Crippen LogP contribution in [0.4, 0.5) is 0 Å². The molecule has 1 atom stereocenters. The van der Waals surface area contributed by atoms with Crippen LogP contribution < -0.4 is 10.2 Å². The Kier molecular flexibility index (Phi) is 4.51. The minimum Gasteiger partial charge on any atom is -0.507 e. The fourth-order valence-electron chi connectivity index (χ4n) is 4.41.